The van der Waals surface area contributed by atoms with Gasteiger partial charge in [0.1, 0.15) is 16.5 Å². The van der Waals surface area contributed by atoms with Gasteiger partial charge in [-0.15, -0.1) is 10.2 Å². The Morgan fingerprint density at radius 1 is 1.32 bits per heavy atom. The van der Waals surface area contributed by atoms with Crippen molar-refractivity contribution in [3.05, 3.63) is 36.2 Å². The van der Waals surface area contributed by atoms with E-state index in [1.165, 1.54) is 6.20 Å². The molecule has 0 aliphatic carbocycles. The molecule has 1 saturated heterocycles. The second-order valence-corrected chi connectivity index (χ2v) is 8.60. The Balaban J connectivity index is 1.81. The third kappa shape index (κ3) is 3.73. The van der Waals surface area contributed by atoms with Crippen molar-refractivity contribution in [1.82, 2.24) is 29.0 Å². The van der Waals surface area contributed by atoms with E-state index < -0.39 is 10.0 Å². The third-order valence-corrected chi connectivity index (χ3v) is 6.33. The van der Waals surface area contributed by atoms with Crippen molar-refractivity contribution in [1.29, 1.82) is 0 Å². The summed E-state index contributed by atoms with van der Waals surface area (Å²) in [7, 11) is 2.39. The highest BCUT2D eigenvalue weighted by Crippen LogP contribution is 2.29. The molecule has 3 heterocycles. The molecule has 9 heteroatoms. The summed E-state index contributed by atoms with van der Waals surface area (Å²) in [5, 5.41) is 8.60. The SMILES string of the molecule is CN(C)Cc1nnc([C@@H]2CCCN(S(=O)(=O)c3cccnc3)C2)n1C. The number of sulfonamides is 1. The predicted octanol–water partition coefficient (Wildman–Crippen LogP) is 0.840. The lowest BCUT2D eigenvalue weighted by Crippen LogP contribution is -2.39. The van der Waals surface area contributed by atoms with Crippen molar-refractivity contribution in [3.8, 4) is 0 Å². The van der Waals surface area contributed by atoms with E-state index in [0.717, 1.165) is 24.5 Å². The lowest BCUT2D eigenvalue weighted by atomic mass is 9.99. The van der Waals surface area contributed by atoms with Gasteiger partial charge in [-0.05, 0) is 39.1 Å². The summed E-state index contributed by atoms with van der Waals surface area (Å²) in [6.07, 6.45) is 4.69. The van der Waals surface area contributed by atoms with Crippen LogP contribution in [0.15, 0.2) is 29.4 Å². The average molecular weight is 364 g/mol. The zero-order chi connectivity index (χ0) is 18.0. The molecule has 136 valence electrons. The van der Waals surface area contributed by atoms with Crippen LogP contribution in [-0.4, -0.2) is 64.6 Å². The van der Waals surface area contributed by atoms with E-state index in [1.54, 1.807) is 22.6 Å². The molecule has 1 fully saturated rings. The van der Waals surface area contributed by atoms with Gasteiger partial charge in [0.2, 0.25) is 10.0 Å². The van der Waals surface area contributed by atoms with E-state index in [0.29, 0.717) is 19.6 Å². The van der Waals surface area contributed by atoms with Crippen molar-refractivity contribution >= 4 is 10.0 Å². The number of hydrogen-bond donors (Lipinski definition) is 0. The Morgan fingerprint density at radius 3 is 2.80 bits per heavy atom. The topological polar surface area (TPSA) is 84.2 Å². The number of rotatable bonds is 5. The van der Waals surface area contributed by atoms with Gasteiger partial charge in [0.25, 0.3) is 0 Å². The fourth-order valence-corrected chi connectivity index (χ4v) is 4.66. The lowest BCUT2D eigenvalue weighted by molar-refractivity contribution is 0.305. The monoisotopic (exact) mass is 364 g/mol. The number of hydrogen-bond acceptors (Lipinski definition) is 6. The molecule has 0 radical (unpaired) electrons. The number of pyridine rings is 1. The molecule has 1 atom stereocenters. The maximum absolute atomic E-state index is 12.8. The number of piperidine rings is 1. The van der Waals surface area contributed by atoms with Crippen LogP contribution >= 0.6 is 0 Å². The highest BCUT2D eigenvalue weighted by Gasteiger charge is 2.33. The first-order chi connectivity index (χ1) is 11.9. The Hall–Kier alpha value is -1.84. The zero-order valence-corrected chi connectivity index (χ0v) is 15.6. The molecule has 25 heavy (non-hydrogen) atoms. The molecule has 8 nitrogen and oxygen atoms in total. The van der Waals surface area contributed by atoms with Crippen LogP contribution in [-0.2, 0) is 23.6 Å². The summed E-state index contributed by atoms with van der Waals surface area (Å²) in [5.74, 6) is 1.78. The first-order valence-electron chi connectivity index (χ1n) is 8.32. The van der Waals surface area contributed by atoms with Crippen LogP contribution in [0.1, 0.15) is 30.4 Å². The maximum Gasteiger partial charge on any atom is 0.244 e. The fraction of sp³-hybridized carbons (Fsp3) is 0.562. The van der Waals surface area contributed by atoms with Gasteiger partial charge in [-0.3, -0.25) is 4.98 Å². The summed E-state index contributed by atoms with van der Waals surface area (Å²) in [5.41, 5.74) is 0. The van der Waals surface area contributed by atoms with Crippen molar-refractivity contribution in [2.24, 2.45) is 7.05 Å². The molecular weight excluding hydrogens is 340 g/mol. The highest BCUT2D eigenvalue weighted by atomic mass is 32.2. The van der Waals surface area contributed by atoms with Crippen LogP contribution in [0.3, 0.4) is 0 Å². The molecular formula is C16H24N6O2S. The third-order valence-electron chi connectivity index (χ3n) is 4.48. The van der Waals surface area contributed by atoms with Crippen LogP contribution in [0.5, 0.6) is 0 Å². The molecule has 2 aromatic heterocycles. The van der Waals surface area contributed by atoms with Crippen LogP contribution in [0, 0.1) is 0 Å². The van der Waals surface area contributed by atoms with E-state index in [9.17, 15) is 8.42 Å². The second-order valence-electron chi connectivity index (χ2n) is 6.66. The summed E-state index contributed by atoms with van der Waals surface area (Å²) in [6, 6.07) is 3.23. The Morgan fingerprint density at radius 2 is 2.12 bits per heavy atom. The summed E-state index contributed by atoms with van der Waals surface area (Å²) in [4.78, 5) is 6.20. The molecule has 1 aliphatic heterocycles. The molecule has 0 saturated carbocycles. The van der Waals surface area contributed by atoms with Gasteiger partial charge < -0.3 is 9.47 Å². The molecule has 2 aromatic rings. The minimum Gasteiger partial charge on any atom is -0.317 e. The molecule has 0 spiro atoms. The van der Waals surface area contributed by atoms with Crippen LogP contribution in [0.25, 0.3) is 0 Å². The summed E-state index contributed by atoms with van der Waals surface area (Å²) >= 11 is 0. The van der Waals surface area contributed by atoms with Gasteiger partial charge in [-0.1, -0.05) is 0 Å². The van der Waals surface area contributed by atoms with E-state index in [-0.39, 0.29) is 10.8 Å². The Labute approximate surface area is 148 Å². The minimum absolute atomic E-state index is 0.0496. The molecule has 0 amide bonds. The maximum atomic E-state index is 12.8. The average Bonchev–Trinajstić information content (AvgIpc) is 2.96. The number of aromatic nitrogens is 4. The van der Waals surface area contributed by atoms with Crippen molar-refractivity contribution in [2.75, 3.05) is 27.2 Å². The van der Waals surface area contributed by atoms with E-state index in [4.69, 9.17) is 0 Å². The zero-order valence-electron chi connectivity index (χ0n) is 14.8. The summed E-state index contributed by atoms with van der Waals surface area (Å²) < 4.78 is 29.2. The fourth-order valence-electron chi connectivity index (χ4n) is 3.17. The van der Waals surface area contributed by atoms with Gasteiger partial charge in [0.15, 0.2) is 0 Å². The van der Waals surface area contributed by atoms with Gasteiger partial charge >= 0.3 is 0 Å². The molecule has 0 N–H and O–H groups in total. The lowest BCUT2D eigenvalue weighted by Gasteiger charge is -2.31. The smallest absolute Gasteiger partial charge is 0.244 e. The second kappa shape index (κ2) is 7.19. The summed E-state index contributed by atoms with van der Waals surface area (Å²) in [6.45, 7) is 1.65. The van der Waals surface area contributed by atoms with Gasteiger partial charge in [-0.2, -0.15) is 4.31 Å². The Bertz CT molecular complexity index is 818. The molecule has 3 rings (SSSR count). The quantitative estimate of drug-likeness (QED) is 0.782. The van der Waals surface area contributed by atoms with Crippen molar-refractivity contribution in [2.45, 2.75) is 30.2 Å². The van der Waals surface area contributed by atoms with Crippen LogP contribution in [0.4, 0.5) is 0 Å². The van der Waals surface area contributed by atoms with Crippen LogP contribution < -0.4 is 0 Å². The first kappa shape index (κ1) is 18.0. The number of nitrogens with zero attached hydrogens (tertiary/aromatic N) is 6. The van der Waals surface area contributed by atoms with E-state index in [2.05, 4.69) is 15.2 Å². The highest BCUT2D eigenvalue weighted by molar-refractivity contribution is 7.89. The van der Waals surface area contributed by atoms with E-state index in [1.807, 2.05) is 30.6 Å². The molecule has 0 unspecified atom stereocenters. The van der Waals surface area contributed by atoms with Crippen molar-refractivity contribution < 1.29 is 8.42 Å². The standard InChI is InChI=1S/C16H24N6O2S/c1-20(2)12-15-18-19-16(21(15)3)13-6-5-9-22(11-13)25(23,24)14-7-4-8-17-10-14/h4,7-8,10,13H,5-6,9,11-12H2,1-3H3/t13-/m1/s1. The first-order valence-corrected chi connectivity index (χ1v) is 9.76. The Kier molecular flexibility index (Phi) is 5.16. The van der Waals surface area contributed by atoms with Gasteiger partial charge in [0.05, 0.1) is 6.54 Å². The van der Waals surface area contributed by atoms with E-state index >= 15 is 0 Å². The van der Waals surface area contributed by atoms with Crippen LogP contribution in [0.2, 0.25) is 0 Å². The molecule has 0 aromatic carbocycles. The largest absolute Gasteiger partial charge is 0.317 e. The van der Waals surface area contributed by atoms with Gasteiger partial charge in [-0.25, -0.2) is 8.42 Å². The van der Waals surface area contributed by atoms with Gasteiger partial charge in [0, 0.05) is 38.4 Å². The molecule has 0 bridgehead atoms. The molecule has 1 aliphatic rings. The predicted molar refractivity (Wildman–Crippen MR) is 93.4 cm³/mol. The van der Waals surface area contributed by atoms with Crippen molar-refractivity contribution in [3.63, 3.8) is 0 Å². The normalized spacial score (nSPS) is 19.4. The minimum atomic E-state index is -3.52.